The van der Waals surface area contributed by atoms with Gasteiger partial charge in [0.2, 0.25) is 5.91 Å². The van der Waals surface area contributed by atoms with Crippen LogP contribution in [-0.4, -0.2) is 38.7 Å². The van der Waals surface area contributed by atoms with Crippen molar-refractivity contribution in [3.63, 3.8) is 0 Å². The molecule has 0 spiro atoms. The standard InChI is InChI=1S/C13H9F4N3O4S/c14-7-1-5(13(15,16)17)2-8(21)6(7)4-18-20-12-19-11(24)9(25-12)3-10(22)23/h1-2,4,9,21H,3H2,(H,22,23)(H,19,20,24). The molecule has 0 radical (unpaired) electrons. The van der Waals surface area contributed by atoms with Crippen LogP contribution in [-0.2, 0) is 15.8 Å². The van der Waals surface area contributed by atoms with Crippen LogP contribution in [0.15, 0.2) is 22.3 Å². The number of hydrogen-bond acceptors (Lipinski definition) is 6. The number of hydrogen-bond donors (Lipinski definition) is 3. The molecule has 25 heavy (non-hydrogen) atoms. The van der Waals surface area contributed by atoms with Crippen molar-refractivity contribution in [3.8, 4) is 5.75 Å². The topological polar surface area (TPSA) is 111 Å². The molecule has 1 fully saturated rings. The van der Waals surface area contributed by atoms with Gasteiger partial charge in [0.15, 0.2) is 5.17 Å². The summed E-state index contributed by atoms with van der Waals surface area (Å²) in [5.41, 5.74) is -1.98. The van der Waals surface area contributed by atoms with E-state index in [9.17, 15) is 32.3 Å². The van der Waals surface area contributed by atoms with Crippen molar-refractivity contribution in [1.82, 2.24) is 5.32 Å². The lowest BCUT2D eigenvalue weighted by Gasteiger charge is -2.08. The van der Waals surface area contributed by atoms with Gasteiger partial charge < -0.3 is 15.5 Å². The van der Waals surface area contributed by atoms with Crippen molar-refractivity contribution >= 4 is 35.0 Å². The van der Waals surface area contributed by atoms with Gasteiger partial charge in [-0.25, -0.2) is 4.39 Å². The zero-order chi connectivity index (χ0) is 18.8. The Bertz CT molecular complexity index is 756. The zero-order valence-electron chi connectivity index (χ0n) is 12.0. The number of carbonyl (C=O) groups is 2. The second-order valence-corrected chi connectivity index (χ2v) is 5.92. The van der Waals surface area contributed by atoms with Crippen LogP contribution in [0.2, 0.25) is 0 Å². The van der Waals surface area contributed by atoms with Crippen LogP contribution in [0, 0.1) is 5.82 Å². The van der Waals surface area contributed by atoms with E-state index in [-0.39, 0.29) is 11.2 Å². The molecule has 1 atom stereocenters. The number of carbonyl (C=O) groups excluding carboxylic acids is 1. The molecule has 134 valence electrons. The number of nitrogens with zero attached hydrogens (tertiary/aromatic N) is 2. The summed E-state index contributed by atoms with van der Waals surface area (Å²) >= 11 is 0.786. The van der Waals surface area contributed by atoms with Crippen LogP contribution >= 0.6 is 11.8 Å². The van der Waals surface area contributed by atoms with Gasteiger partial charge >= 0.3 is 12.1 Å². The molecule has 1 saturated heterocycles. The molecular weight excluding hydrogens is 370 g/mol. The number of alkyl halides is 3. The highest BCUT2D eigenvalue weighted by Gasteiger charge is 2.33. The SMILES string of the molecule is O=C(O)CC1SC(=NN=Cc2c(O)cc(C(F)(F)F)cc2F)NC1=O. The molecule has 1 aliphatic rings. The molecule has 0 saturated carbocycles. The summed E-state index contributed by atoms with van der Waals surface area (Å²) in [7, 11) is 0. The minimum absolute atomic E-state index is 0.0562. The van der Waals surface area contributed by atoms with E-state index in [1.165, 1.54) is 0 Å². The fraction of sp³-hybridized carbons (Fsp3) is 0.231. The molecule has 1 aliphatic heterocycles. The largest absolute Gasteiger partial charge is 0.507 e. The second kappa shape index (κ2) is 7.09. The molecule has 1 aromatic rings. The van der Waals surface area contributed by atoms with Crippen LogP contribution in [0.3, 0.4) is 0 Å². The van der Waals surface area contributed by atoms with Crippen molar-refractivity contribution in [2.24, 2.45) is 10.2 Å². The summed E-state index contributed by atoms with van der Waals surface area (Å²) in [6, 6.07) is 0.537. The van der Waals surface area contributed by atoms with Gasteiger partial charge in [-0.2, -0.15) is 18.3 Å². The Morgan fingerprint density at radius 1 is 1.40 bits per heavy atom. The van der Waals surface area contributed by atoms with Crippen LogP contribution in [0.25, 0.3) is 0 Å². The van der Waals surface area contributed by atoms with Gasteiger partial charge in [-0.05, 0) is 12.1 Å². The van der Waals surface area contributed by atoms with Gasteiger partial charge in [0.25, 0.3) is 0 Å². The minimum atomic E-state index is -4.82. The Kier molecular flexibility index (Phi) is 5.30. The first-order valence-corrected chi connectivity index (χ1v) is 7.36. The van der Waals surface area contributed by atoms with Gasteiger partial charge in [0, 0.05) is 0 Å². The Morgan fingerprint density at radius 3 is 2.64 bits per heavy atom. The average molecular weight is 379 g/mol. The first-order chi connectivity index (χ1) is 11.6. The third-order valence-electron chi connectivity index (χ3n) is 2.91. The third-order valence-corrected chi connectivity index (χ3v) is 3.98. The second-order valence-electron chi connectivity index (χ2n) is 4.73. The lowest BCUT2D eigenvalue weighted by Crippen LogP contribution is -2.26. The molecular formula is C13H9F4N3O4S. The first-order valence-electron chi connectivity index (χ1n) is 6.48. The smallest absolute Gasteiger partial charge is 0.416 e. The van der Waals surface area contributed by atoms with E-state index in [4.69, 9.17) is 5.11 Å². The normalized spacial score (nSPS) is 19.6. The number of rotatable bonds is 4. The van der Waals surface area contributed by atoms with Gasteiger partial charge in [0.05, 0.1) is 23.8 Å². The van der Waals surface area contributed by atoms with E-state index < -0.39 is 52.4 Å². The number of phenols is 1. The Hall–Kier alpha value is -2.63. The van der Waals surface area contributed by atoms with Gasteiger partial charge in [0.1, 0.15) is 16.8 Å². The van der Waals surface area contributed by atoms with E-state index in [0.717, 1.165) is 11.8 Å². The number of carboxylic acid groups (broad SMARTS) is 1. The quantitative estimate of drug-likeness (QED) is 0.421. The number of amides is 1. The summed E-state index contributed by atoms with van der Waals surface area (Å²) in [5, 5.41) is 26.3. The lowest BCUT2D eigenvalue weighted by molar-refractivity contribution is -0.138. The highest BCUT2D eigenvalue weighted by molar-refractivity contribution is 8.15. The van der Waals surface area contributed by atoms with Crippen LogP contribution in [0.4, 0.5) is 17.6 Å². The van der Waals surface area contributed by atoms with E-state index in [1.807, 2.05) is 0 Å². The van der Waals surface area contributed by atoms with Gasteiger partial charge in [-0.15, -0.1) is 5.10 Å². The summed E-state index contributed by atoms with van der Waals surface area (Å²) in [6.45, 7) is 0. The Morgan fingerprint density at radius 2 is 2.08 bits per heavy atom. The fourth-order valence-electron chi connectivity index (χ4n) is 1.78. The summed E-state index contributed by atoms with van der Waals surface area (Å²) in [5.74, 6) is -4.12. The monoisotopic (exact) mass is 379 g/mol. The van der Waals surface area contributed by atoms with Crippen LogP contribution < -0.4 is 5.32 Å². The molecule has 1 aromatic carbocycles. The van der Waals surface area contributed by atoms with Crippen molar-refractivity contribution in [2.45, 2.75) is 17.8 Å². The van der Waals surface area contributed by atoms with E-state index >= 15 is 0 Å². The average Bonchev–Trinajstić information content (AvgIpc) is 2.80. The predicted molar refractivity (Wildman–Crippen MR) is 79.9 cm³/mol. The highest BCUT2D eigenvalue weighted by Crippen LogP contribution is 2.33. The molecule has 0 aromatic heterocycles. The van der Waals surface area contributed by atoms with Crippen molar-refractivity contribution in [3.05, 3.63) is 29.1 Å². The van der Waals surface area contributed by atoms with Gasteiger partial charge in [-0.1, -0.05) is 11.8 Å². The first kappa shape index (κ1) is 18.7. The minimum Gasteiger partial charge on any atom is -0.507 e. The van der Waals surface area contributed by atoms with E-state index in [1.54, 1.807) is 0 Å². The van der Waals surface area contributed by atoms with Crippen LogP contribution in [0.1, 0.15) is 17.5 Å². The Labute approximate surface area is 141 Å². The predicted octanol–water partition coefficient (Wildman–Crippen LogP) is 1.95. The molecule has 12 heteroatoms. The highest BCUT2D eigenvalue weighted by atomic mass is 32.2. The molecule has 7 nitrogen and oxygen atoms in total. The van der Waals surface area contributed by atoms with Crippen molar-refractivity contribution in [2.75, 3.05) is 0 Å². The maximum absolute atomic E-state index is 13.7. The zero-order valence-corrected chi connectivity index (χ0v) is 12.9. The summed E-state index contributed by atoms with van der Waals surface area (Å²) in [6.07, 6.45) is -4.58. The number of thioether (sulfide) groups is 1. The van der Waals surface area contributed by atoms with E-state index in [0.29, 0.717) is 12.3 Å². The fourth-order valence-corrected chi connectivity index (χ4v) is 2.69. The maximum atomic E-state index is 13.7. The number of nitrogens with one attached hydrogen (secondary N) is 1. The number of halogens is 4. The lowest BCUT2D eigenvalue weighted by atomic mass is 10.1. The summed E-state index contributed by atoms with van der Waals surface area (Å²) < 4.78 is 51.1. The van der Waals surface area contributed by atoms with E-state index in [2.05, 4.69) is 15.5 Å². The molecule has 3 N–H and O–H groups in total. The van der Waals surface area contributed by atoms with Crippen molar-refractivity contribution < 1.29 is 37.4 Å². The van der Waals surface area contributed by atoms with Crippen LogP contribution in [0.5, 0.6) is 5.75 Å². The number of aromatic hydroxyl groups is 1. The molecule has 0 bridgehead atoms. The molecule has 2 rings (SSSR count). The molecule has 1 unspecified atom stereocenters. The maximum Gasteiger partial charge on any atom is 0.416 e. The van der Waals surface area contributed by atoms with Crippen molar-refractivity contribution in [1.29, 1.82) is 0 Å². The third kappa shape index (κ3) is 4.68. The molecule has 1 amide bonds. The van der Waals surface area contributed by atoms with Gasteiger partial charge in [-0.3, -0.25) is 9.59 Å². The number of amidine groups is 1. The number of phenolic OH excluding ortho intramolecular Hbond substituents is 1. The Balaban J connectivity index is 2.15. The summed E-state index contributed by atoms with van der Waals surface area (Å²) in [4.78, 5) is 22.0. The molecule has 0 aliphatic carbocycles. The number of carboxylic acids is 1. The molecule has 1 heterocycles. The number of benzene rings is 1. The number of aliphatic carboxylic acids is 1.